The lowest BCUT2D eigenvalue weighted by Crippen LogP contribution is -1.95. The van der Waals surface area contributed by atoms with Gasteiger partial charge in [-0.15, -0.1) is 22.7 Å². The van der Waals surface area contributed by atoms with Crippen LogP contribution in [0.5, 0.6) is 0 Å². The molecule has 38 heavy (non-hydrogen) atoms. The summed E-state index contributed by atoms with van der Waals surface area (Å²) in [4.78, 5) is 0. The van der Waals surface area contributed by atoms with Crippen molar-refractivity contribution in [3.05, 3.63) is 80.9 Å². The van der Waals surface area contributed by atoms with Crippen molar-refractivity contribution in [3.63, 3.8) is 0 Å². The van der Waals surface area contributed by atoms with Crippen molar-refractivity contribution in [2.45, 2.75) is 0 Å². The molecular weight excluding hydrogens is 509 g/mol. The van der Waals surface area contributed by atoms with Crippen LogP contribution in [0, 0.1) is 68.0 Å². The first kappa shape index (κ1) is 24.0. The fraction of sp³-hybridized carbons (Fsp3) is 0. The number of benzene rings is 3. The molecule has 0 saturated heterocycles. The first-order valence-electron chi connectivity index (χ1n) is 11.0. The lowest BCUT2D eigenvalue weighted by Gasteiger charge is -2.12. The van der Waals surface area contributed by atoms with Gasteiger partial charge < -0.3 is 0 Å². The Kier molecular flexibility index (Phi) is 6.13. The van der Waals surface area contributed by atoms with Crippen LogP contribution >= 0.6 is 22.7 Å². The van der Waals surface area contributed by atoms with Crippen LogP contribution in [-0.2, 0) is 0 Å². The molecule has 0 aliphatic carbocycles. The molecular formula is C30H10N6S2. The smallest absolute Gasteiger partial charge is 0.146 e. The third-order valence-corrected chi connectivity index (χ3v) is 8.34. The molecule has 0 saturated carbocycles. The molecule has 172 valence electrons. The number of fused-ring (bicyclic) bond motifs is 2. The highest BCUT2D eigenvalue weighted by Gasteiger charge is 2.21. The Morgan fingerprint density at radius 3 is 1.13 bits per heavy atom. The molecule has 0 fully saturated rings. The minimum atomic E-state index is -0.00335. The maximum Gasteiger partial charge on any atom is 0.146 e. The summed E-state index contributed by atoms with van der Waals surface area (Å²) in [7, 11) is 0. The molecule has 5 aromatic rings. The molecule has 2 heterocycles. The van der Waals surface area contributed by atoms with Crippen molar-refractivity contribution >= 4 is 54.0 Å². The third-order valence-electron chi connectivity index (χ3n) is 6.00. The molecule has 6 nitrogen and oxygen atoms in total. The first-order valence-corrected chi connectivity index (χ1v) is 12.6. The quantitative estimate of drug-likeness (QED) is 0.298. The van der Waals surface area contributed by atoms with E-state index < -0.39 is 0 Å². The van der Waals surface area contributed by atoms with Crippen LogP contribution in [0.4, 0.5) is 0 Å². The Hall–Kier alpha value is -5.74. The molecule has 0 atom stereocenters. The summed E-state index contributed by atoms with van der Waals surface area (Å²) >= 11 is 2.63. The highest BCUT2D eigenvalue weighted by atomic mass is 32.1. The van der Waals surface area contributed by atoms with Gasteiger partial charge in [0.1, 0.15) is 35.4 Å². The fourth-order valence-electron chi connectivity index (χ4n) is 4.28. The van der Waals surface area contributed by atoms with Crippen LogP contribution in [0.2, 0.25) is 0 Å². The maximum atomic E-state index is 9.57. The standard InChI is InChI=1S/C30H10N6S2/c31-11-17-1-5-19(6-2-17)27-23-9-25(21(13-33)14-34)38-30(23)28(20-7-3-18(12-32)4-8-20)24-10-26(37-29(24)27)22(15-35)16-36/h1-10H. The minimum absolute atomic E-state index is 0.00335. The molecule has 0 radical (unpaired) electrons. The molecule has 0 bridgehead atoms. The molecule has 8 heteroatoms. The van der Waals surface area contributed by atoms with Gasteiger partial charge in [-0.25, -0.2) is 0 Å². The van der Waals surface area contributed by atoms with Gasteiger partial charge in [0, 0.05) is 31.3 Å². The van der Waals surface area contributed by atoms with Crippen LogP contribution in [-0.4, -0.2) is 0 Å². The van der Waals surface area contributed by atoms with Gasteiger partial charge in [0.05, 0.1) is 32.3 Å². The number of hydrogen-bond acceptors (Lipinski definition) is 8. The van der Waals surface area contributed by atoms with E-state index in [1.807, 2.05) is 60.7 Å². The second kappa shape index (κ2) is 9.72. The Morgan fingerprint density at radius 2 is 0.842 bits per heavy atom. The monoisotopic (exact) mass is 518 g/mol. The third kappa shape index (κ3) is 3.83. The molecule has 0 spiro atoms. The van der Waals surface area contributed by atoms with Crippen molar-refractivity contribution in [2.24, 2.45) is 0 Å². The Labute approximate surface area is 224 Å². The normalized spacial score (nSPS) is 9.95. The lowest BCUT2D eigenvalue weighted by atomic mass is 9.93. The SMILES string of the molecule is N#CC(C#N)=c1cc2c(-c3ccc(C#N)cc3)c3sc(=C(C#N)C#N)cc3c(-c3ccc(C#N)cc3)c2s1. The van der Waals surface area contributed by atoms with E-state index in [4.69, 9.17) is 0 Å². The summed E-state index contributed by atoms with van der Waals surface area (Å²) in [6.45, 7) is 0. The van der Waals surface area contributed by atoms with Crippen molar-refractivity contribution in [3.8, 4) is 58.7 Å². The predicted molar refractivity (Wildman–Crippen MR) is 146 cm³/mol. The summed E-state index contributed by atoms with van der Waals surface area (Å²) < 4.78 is 2.68. The molecule has 0 amide bonds. The second-order valence-electron chi connectivity index (χ2n) is 8.03. The number of nitriles is 6. The number of thiophene rings is 2. The molecule has 2 aromatic heterocycles. The average Bonchev–Trinajstić information content (AvgIpc) is 3.58. The zero-order valence-corrected chi connectivity index (χ0v) is 20.9. The van der Waals surface area contributed by atoms with Crippen LogP contribution in [0.15, 0.2) is 60.7 Å². The van der Waals surface area contributed by atoms with E-state index in [1.54, 1.807) is 24.3 Å². The van der Waals surface area contributed by atoms with Gasteiger partial charge in [0.25, 0.3) is 0 Å². The largest absolute Gasteiger partial charge is 0.192 e. The van der Waals surface area contributed by atoms with Gasteiger partial charge in [0.2, 0.25) is 0 Å². The van der Waals surface area contributed by atoms with Crippen molar-refractivity contribution in [1.29, 1.82) is 31.6 Å². The highest BCUT2D eigenvalue weighted by molar-refractivity contribution is 7.20. The maximum absolute atomic E-state index is 9.57. The Balaban J connectivity index is 2.07. The van der Waals surface area contributed by atoms with E-state index in [0.717, 1.165) is 42.4 Å². The van der Waals surface area contributed by atoms with Crippen LogP contribution in [0.1, 0.15) is 11.1 Å². The molecule has 0 aliphatic rings. The van der Waals surface area contributed by atoms with Crippen LogP contribution in [0.25, 0.3) is 53.6 Å². The summed E-state index contributed by atoms with van der Waals surface area (Å²) in [6, 6.07) is 30.0. The van der Waals surface area contributed by atoms with E-state index in [0.29, 0.717) is 20.2 Å². The van der Waals surface area contributed by atoms with E-state index in [1.165, 1.54) is 22.7 Å². The number of hydrogen-bond donors (Lipinski definition) is 0. The summed E-state index contributed by atoms with van der Waals surface area (Å²) in [5.41, 5.74) is 4.27. The van der Waals surface area contributed by atoms with Gasteiger partial charge in [-0.1, -0.05) is 24.3 Å². The lowest BCUT2D eigenvalue weighted by molar-refractivity contribution is 1.48. The topological polar surface area (TPSA) is 143 Å². The molecule has 0 unspecified atom stereocenters. The van der Waals surface area contributed by atoms with E-state index in [2.05, 4.69) is 12.1 Å². The first-order chi connectivity index (χ1) is 18.6. The summed E-state index contributed by atoms with van der Waals surface area (Å²) in [5.74, 6) is 0. The Morgan fingerprint density at radius 1 is 0.500 bits per heavy atom. The predicted octanol–water partition coefficient (Wildman–Crippen LogP) is 5.59. The zero-order valence-electron chi connectivity index (χ0n) is 19.3. The molecule has 5 rings (SSSR count). The van der Waals surface area contributed by atoms with Crippen LogP contribution in [0.3, 0.4) is 0 Å². The summed E-state index contributed by atoms with van der Waals surface area (Å²) in [5, 5.41) is 58.4. The van der Waals surface area contributed by atoms with Crippen molar-refractivity contribution in [1.82, 2.24) is 0 Å². The fourth-order valence-corrected chi connectivity index (χ4v) is 6.66. The van der Waals surface area contributed by atoms with Gasteiger partial charge in [0.15, 0.2) is 0 Å². The second-order valence-corrected chi connectivity index (χ2v) is 10.1. The molecule has 0 aliphatic heterocycles. The zero-order chi connectivity index (χ0) is 26.8. The number of nitrogens with zero attached hydrogens (tertiary/aromatic N) is 6. The Bertz CT molecular complexity index is 1920. The molecule has 3 aromatic carbocycles. The van der Waals surface area contributed by atoms with Gasteiger partial charge >= 0.3 is 0 Å². The van der Waals surface area contributed by atoms with Crippen molar-refractivity contribution < 1.29 is 0 Å². The van der Waals surface area contributed by atoms with E-state index in [-0.39, 0.29) is 11.1 Å². The highest BCUT2D eigenvalue weighted by Crippen LogP contribution is 2.46. The van der Waals surface area contributed by atoms with Gasteiger partial charge in [-0.3, -0.25) is 0 Å². The van der Waals surface area contributed by atoms with E-state index >= 15 is 0 Å². The van der Waals surface area contributed by atoms with Crippen LogP contribution < -0.4 is 9.06 Å². The number of rotatable bonds is 2. The summed E-state index contributed by atoms with van der Waals surface area (Å²) in [6.07, 6.45) is 0. The average molecular weight is 519 g/mol. The van der Waals surface area contributed by atoms with Crippen molar-refractivity contribution in [2.75, 3.05) is 0 Å². The molecule has 0 N–H and O–H groups in total. The van der Waals surface area contributed by atoms with Gasteiger partial charge in [-0.2, -0.15) is 31.6 Å². The van der Waals surface area contributed by atoms with Gasteiger partial charge in [-0.05, 0) is 47.5 Å². The van der Waals surface area contributed by atoms with E-state index in [9.17, 15) is 31.6 Å². The minimum Gasteiger partial charge on any atom is -0.192 e.